The van der Waals surface area contributed by atoms with Crippen molar-refractivity contribution in [1.29, 1.82) is 0 Å². The van der Waals surface area contributed by atoms with Gasteiger partial charge in [-0.2, -0.15) is 0 Å². The fraction of sp³-hybridized carbons (Fsp3) is 0.880. The normalized spacial score (nSPS) is 50.2. The summed E-state index contributed by atoms with van der Waals surface area (Å²) < 4.78 is 0. The van der Waals surface area contributed by atoms with E-state index in [-0.39, 0.29) is 0 Å². The minimum absolute atomic E-state index is 0.315. The molecule has 152 valence electrons. The number of carbonyl (C=O) groups is 1. The Labute approximate surface area is 166 Å². The van der Waals surface area contributed by atoms with Gasteiger partial charge in [-0.05, 0) is 106 Å². The highest BCUT2D eigenvalue weighted by Crippen LogP contribution is 2.67. The van der Waals surface area contributed by atoms with E-state index in [4.69, 9.17) is 0 Å². The van der Waals surface area contributed by atoms with Crippen molar-refractivity contribution in [3.8, 4) is 0 Å². The molecule has 3 saturated carbocycles. The number of Topliss-reactive ketones (excluding diaryl/α,β-unsaturated/α-hetero) is 1. The number of carbonyl (C=O) groups excluding carboxylic acids is 1. The molecule has 4 aliphatic rings. The number of rotatable bonds is 3. The molecule has 0 heterocycles. The predicted octanol–water partition coefficient (Wildman–Crippen LogP) is 5.93. The van der Waals surface area contributed by atoms with Gasteiger partial charge < -0.3 is 9.90 Å². The fourth-order valence-electron chi connectivity index (χ4n) is 8.38. The Morgan fingerprint density at radius 1 is 1.15 bits per heavy atom. The van der Waals surface area contributed by atoms with Gasteiger partial charge >= 0.3 is 0 Å². The number of hydrogen-bond acceptors (Lipinski definition) is 2. The summed E-state index contributed by atoms with van der Waals surface area (Å²) in [5.41, 5.74) is 1.80. The lowest BCUT2D eigenvalue weighted by atomic mass is 9.46. The maximum Gasteiger partial charge on any atom is 0.130 e. The lowest BCUT2D eigenvalue weighted by Gasteiger charge is -2.59. The van der Waals surface area contributed by atoms with Crippen LogP contribution in [0.3, 0.4) is 0 Å². The van der Waals surface area contributed by atoms with Crippen molar-refractivity contribution in [2.45, 2.75) is 98.0 Å². The lowest BCUT2D eigenvalue weighted by molar-refractivity contribution is -0.119. The van der Waals surface area contributed by atoms with Crippen LogP contribution in [0.2, 0.25) is 0 Å². The second-order valence-corrected chi connectivity index (χ2v) is 11.5. The predicted molar refractivity (Wildman–Crippen MR) is 110 cm³/mol. The van der Waals surface area contributed by atoms with Crippen molar-refractivity contribution in [2.24, 2.45) is 40.4 Å². The molecule has 0 bridgehead atoms. The van der Waals surface area contributed by atoms with E-state index in [0.29, 0.717) is 22.5 Å². The van der Waals surface area contributed by atoms with Crippen LogP contribution in [0, 0.1) is 40.4 Å². The molecule has 0 radical (unpaired) electrons. The summed E-state index contributed by atoms with van der Waals surface area (Å²) in [5, 5.41) is 10.6. The monoisotopic (exact) mass is 372 g/mol. The number of aliphatic hydroxyl groups is 1. The number of hydrogen-bond donors (Lipinski definition) is 1. The van der Waals surface area contributed by atoms with Gasteiger partial charge in [-0.25, -0.2) is 0 Å². The number of allylic oxidation sites excluding steroid dienone is 1. The highest BCUT2D eigenvalue weighted by Gasteiger charge is 2.59. The van der Waals surface area contributed by atoms with Crippen molar-refractivity contribution < 1.29 is 9.90 Å². The maximum absolute atomic E-state index is 11.7. The lowest BCUT2D eigenvalue weighted by Crippen LogP contribution is -2.52. The summed E-state index contributed by atoms with van der Waals surface area (Å²) in [4.78, 5) is 11.7. The largest absolute Gasteiger partial charge is 0.390 e. The van der Waals surface area contributed by atoms with E-state index in [1.165, 1.54) is 32.1 Å². The molecule has 0 saturated heterocycles. The zero-order valence-electron chi connectivity index (χ0n) is 18.2. The topological polar surface area (TPSA) is 37.3 Å². The molecule has 4 rings (SSSR count). The molecule has 3 unspecified atom stereocenters. The van der Waals surface area contributed by atoms with Crippen LogP contribution in [0.5, 0.6) is 0 Å². The van der Waals surface area contributed by atoms with Crippen molar-refractivity contribution in [1.82, 2.24) is 0 Å². The minimum atomic E-state index is -0.498. The van der Waals surface area contributed by atoms with Gasteiger partial charge in [-0.3, -0.25) is 0 Å². The van der Waals surface area contributed by atoms with Crippen LogP contribution in [-0.2, 0) is 4.79 Å². The van der Waals surface area contributed by atoms with Gasteiger partial charge in [-0.1, -0.05) is 32.4 Å². The zero-order chi connectivity index (χ0) is 19.6. The molecule has 2 nitrogen and oxygen atoms in total. The van der Waals surface area contributed by atoms with Crippen LogP contribution in [0.4, 0.5) is 0 Å². The first-order valence-corrected chi connectivity index (χ1v) is 11.5. The molecule has 1 N–H and O–H groups in total. The first-order chi connectivity index (χ1) is 12.6. The Kier molecular flexibility index (Phi) is 4.69. The highest BCUT2D eigenvalue weighted by molar-refractivity contribution is 5.75. The van der Waals surface area contributed by atoms with Gasteiger partial charge in [0.2, 0.25) is 0 Å². The van der Waals surface area contributed by atoms with E-state index in [1.807, 2.05) is 6.92 Å². The average Bonchev–Trinajstić information content (AvgIpc) is 2.92. The molecule has 0 aromatic rings. The molecule has 0 aromatic carbocycles. The molecular formula is C25H40O2. The van der Waals surface area contributed by atoms with Gasteiger partial charge in [0, 0.05) is 6.42 Å². The second kappa shape index (κ2) is 6.44. The molecule has 27 heavy (non-hydrogen) atoms. The molecule has 4 aliphatic carbocycles. The van der Waals surface area contributed by atoms with Gasteiger partial charge in [0.25, 0.3) is 0 Å². The molecule has 0 aromatic heterocycles. The molecule has 2 heteroatoms. The SMILES string of the molecule is CC(=O)C[C@@H](C)[C@H]1CCC2C3CC=C4C[C@@](C)(O)CC[C@]4(C)C3CC[C@@]21C. The van der Waals surface area contributed by atoms with Gasteiger partial charge in [-0.15, -0.1) is 0 Å². The van der Waals surface area contributed by atoms with Gasteiger partial charge in [0.05, 0.1) is 5.60 Å². The molecule has 8 atom stereocenters. The summed E-state index contributed by atoms with van der Waals surface area (Å²) in [6, 6.07) is 0. The smallest absolute Gasteiger partial charge is 0.130 e. The Balaban J connectivity index is 1.59. The van der Waals surface area contributed by atoms with E-state index in [0.717, 1.165) is 49.4 Å². The van der Waals surface area contributed by atoms with Crippen molar-refractivity contribution in [2.75, 3.05) is 0 Å². The standard InChI is InChI=1S/C25H40O2/c1-16(14-17(2)26)20-8-9-21-19-7-6-18-15-23(3,27)12-13-24(18,4)22(19)10-11-25(20,21)5/h6,16,19-22,27H,7-15H2,1-5H3/t16-,19?,20-,21?,22?,23+,24+,25-/m1/s1. The summed E-state index contributed by atoms with van der Waals surface area (Å²) >= 11 is 0. The summed E-state index contributed by atoms with van der Waals surface area (Å²) in [5.74, 6) is 4.05. The van der Waals surface area contributed by atoms with Gasteiger partial charge in [0.15, 0.2) is 0 Å². The minimum Gasteiger partial charge on any atom is -0.390 e. The van der Waals surface area contributed by atoms with Crippen LogP contribution in [0.1, 0.15) is 92.4 Å². The van der Waals surface area contributed by atoms with Gasteiger partial charge in [0.1, 0.15) is 5.78 Å². The molecule has 0 amide bonds. The average molecular weight is 373 g/mol. The third kappa shape index (κ3) is 3.05. The van der Waals surface area contributed by atoms with Crippen LogP contribution >= 0.6 is 0 Å². The quantitative estimate of drug-likeness (QED) is 0.623. The van der Waals surface area contributed by atoms with Crippen LogP contribution in [0.25, 0.3) is 0 Å². The Morgan fingerprint density at radius 3 is 2.59 bits per heavy atom. The molecule has 0 aliphatic heterocycles. The van der Waals surface area contributed by atoms with E-state index in [1.54, 1.807) is 12.5 Å². The number of ketones is 1. The molecule has 3 fully saturated rings. The van der Waals surface area contributed by atoms with Crippen LogP contribution in [0.15, 0.2) is 11.6 Å². The van der Waals surface area contributed by atoms with E-state index in [9.17, 15) is 9.90 Å². The van der Waals surface area contributed by atoms with E-state index < -0.39 is 5.60 Å². The van der Waals surface area contributed by atoms with Crippen molar-refractivity contribution in [3.05, 3.63) is 11.6 Å². The number of fused-ring (bicyclic) bond motifs is 5. The van der Waals surface area contributed by atoms with Crippen molar-refractivity contribution >= 4 is 5.78 Å². The van der Waals surface area contributed by atoms with E-state index in [2.05, 4.69) is 26.8 Å². The summed E-state index contributed by atoms with van der Waals surface area (Å²) in [7, 11) is 0. The first-order valence-electron chi connectivity index (χ1n) is 11.5. The maximum atomic E-state index is 11.7. The first kappa shape index (κ1) is 19.7. The van der Waals surface area contributed by atoms with Crippen LogP contribution in [-0.4, -0.2) is 16.5 Å². The third-order valence-electron chi connectivity index (χ3n) is 9.75. The third-order valence-corrected chi connectivity index (χ3v) is 9.75. The summed E-state index contributed by atoms with van der Waals surface area (Å²) in [6.45, 7) is 11.2. The highest BCUT2D eigenvalue weighted by atomic mass is 16.3. The van der Waals surface area contributed by atoms with E-state index >= 15 is 0 Å². The Hall–Kier alpha value is -0.630. The summed E-state index contributed by atoms with van der Waals surface area (Å²) in [6.07, 6.45) is 12.9. The fourth-order valence-corrected chi connectivity index (χ4v) is 8.38. The Morgan fingerprint density at radius 2 is 1.89 bits per heavy atom. The second-order valence-electron chi connectivity index (χ2n) is 11.5. The van der Waals surface area contributed by atoms with Crippen molar-refractivity contribution in [3.63, 3.8) is 0 Å². The van der Waals surface area contributed by atoms with Crippen LogP contribution < -0.4 is 0 Å². The Bertz CT molecular complexity index is 647. The zero-order valence-corrected chi connectivity index (χ0v) is 18.2. The molecule has 0 spiro atoms. The molecular weight excluding hydrogens is 332 g/mol.